The van der Waals surface area contributed by atoms with Gasteiger partial charge in [0.2, 0.25) is 0 Å². The Hall–Kier alpha value is -0.730. The molecule has 0 spiro atoms. The van der Waals surface area contributed by atoms with E-state index in [-0.39, 0.29) is 0 Å². The van der Waals surface area contributed by atoms with E-state index in [1.54, 1.807) is 0 Å². The van der Waals surface area contributed by atoms with Crippen molar-refractivity contribution in [1.82, 2.24) is 5.32 Å². The summed E-state index contributed by atoms with van der Waals surface area (Å²) >= 11 is 0. The van der Waals surface area contributed by atoms with Crippen LogP contribution in [0.3, 0.4) is 0 Å². The highest BCUT2D eigenvalue weighted by molar-refractivity contribution is 5.77. The third-order valence-corrected chi connectivity index (χ3v) is 2.69. The average molecular weight is 213 g/mol. The zero-order valence-corrected chi connectivity index (χ0v) is 11.1. The van der Waals surface area contributed by atoms with Crippen LogP contribution in [0.25, 0.3) is 0 Å². The summed E-state index contributed by atoms with van der Waals surface area (Å²) < 4.78 is 0. The molecule has 3 heteroatoms. The van der Waals surface area contributed by atoms with E-state index in [0.717, 1.165) is 13.1 Å². The van der Waals surface area contributed by atoms with E-state index < -0.39 is 0 Å². The number of nitrogens with one attached hydrogen (secondary N) is 1. The smallest absolute Gasteiger partial charge is 0.188 e. The molecular weight excluding hydrogens is 186 g/mol. The molecule has 1 unspecified atom stereocenters. The SMILES string of the molecule is CC(C)CN=C(N)NCC(C)C(C)(C)C. The summed E-state index contributed by atoms with van der Waals surface area (Å²) in [5.74, 6) is 1.70. The predicted octanol–water partition coefficient (Wildman–Crippen LogP) is 2.23. The maximum atomic E-state index is 5.75. The highest BCUT2D eigenvalue weighted by atomic mass is 15.1. The van der Waals surface area contributed by atoms with Gasteiger partial charge in [0.05, 0.1) is 0 Å². The standard InChI is InChI=1S/C12H27N3/c1-9(2)7-14-11(13)15-8-10(3)12(4,5)6/h9-10H,7-8H2,1-6H3,(H3,13,14,15). The molecular formula is C12H27N3. The van der Waals surface area contributed by atoms with Gasteiger partial charge in [0.1, 0.15) is 0 Å². The van der Waals surface area contributed by atoms with Gasteiger partial charge in [-0.3, -0.25) is 4.99 Å². The summed E-state index contributed by atoms with van der Waals surface area (Å²) in [5, 5.41) is 3.17. The zero-order chi connectivity index (χ0) is 12.1. The van der Waals surface area contributed by atoms with Gasteiger partial charge in [-0.15, -0.1) is 0 Å². The first-order valence-corrected chi connectivity index (χ1v) is 5.77. The second-order valence-corrected chi connectivity index (χ2v) is 5.77. The van der Waals surface area contributed by atoms with Crippen molar-refractivity contribution < 1.29 is 0 Å². The number of aliphatic imine (C=N–C) groups is 1. The van der Waals surface area contributed by atoms with Crippen LogP contribution in [0.5, 0.6) is 0 Å². The van der Waals surface area contributed by atoms with Crippen molar-refractivity contribution in [3.8, 4) is 0 Å². The maximum Gasteiger partial charge on any atom is 0.188 e. The summed E-state index contributed by atoms with van der Waals surface area (Å²) in [5.41, 5.74) is 6.06. The summed E-state index contributed by atoms with van der Waals surface area (Å²) in [6.07, 6.45) is 0. The van der Waals surface area contributed by atoms with Crippen LogP contribution < -0.4 is 11.1 Å². The van der Waals surface area contributed by atoms with Crippen molar-refractivity contribution in [2.45, 2.75) is 41.5 Å². The quantitative estimate of drug-likeness (QED) is 0.556. The van der Waals surface area contributed by atoms with Crippen LogP contribution in [0.4, 0.5) is 0 Å². The number of hydrogen-bond donors (Lipinski definition) is 2. The molecule has 0 aromatic rings. The fraction of sp³-hybridized carbons (Fsp3) is 0.917. The minimum Gasteiger partial charge on any atom is -0.370 e. The van der Waals surface area contributed by atoms with Crippen molar-refractivity contribution in [3.63, 3.8) is 0 Å². The Morgan fingerprint density at radius 1 is 1.27 bits per heavy atom. The molecule has 0 amide bonds. The Morgan fingerprint density at radius 2 is 1.80 bits per heavy atom. The average Bonchev–Trinajstić information content (AvgIpc) is 2.09. The van der Waals surface area contributed by atoms with Gasteiger partial charge in [0, 0.05) is 13.1 Å². The molecule has 0 radical (unpaired) electrons. The summed E-state index contributed by atoms with van der Waals surface area (Å²) in [7, 11) is 0. The lowest BCUT2D eigenvalue weighted by Crippen LogP contribution is -2.38. The molecule has 0 rings (SSSR count). The Morgan fingerprint density at radius 3 is 2.20 bits per heavy atom. The van der Waals surface area contributed by atoms with E-state index in [9.17, 15) is 0 Å². The highest BCUT2D eigenvalue weighted by Gasteiger charge is 2.19. The predicted molar refractivity (Wildman–Crippen MR) is 67.9 cm³/mol. The lowest BCUT2D eigenvalue weighted by Gasteiger charge is -2.27. The van der Waals surface area contributed by atoms with Crippen LogP contribution in [-0.4, -0.2) is 19.0 Å². The fourth-order valence-corrected chi connectivity index (χ4v) is 0.901. The molecule has 0 aliphatic heterocycles. The van der Waals surface area contributed by atoms with Gasteiger partial charge in [0.25, 0.3) is 0 Å². The van der Waals surface area contributed by atoms with Crippen molar-refractivity contribution in [3.05, 3.63) is 0 Å². The van der Waals surface area contributed by atoms with E-state index in [2.05, 4.69) is 51.9 Å². The molecule has 0 aliphatic rings. The molecule has 0 aromatic carbocycles. The molecule has 0 bridgehead atoms. The number of nitrogens with two attached hydrogens (primary N) is 1. The third-order valence-electron chi connectivity index (χ3n) is 2.69. The van der Waals surface area contributed by atoms with Crippen molar-refractivity contribution in [1.29, 1.82) is 0 Å². The van der Waals surface area contributed by atoms with Crippen LogP contribution in [0.2, 0.25) is 0 Å². The zero-order valence-electron chi connectivity index (χ0n) is 11.1. The van der Waals surface area contributed by atoms with E-state index in [1.807, 2.05) is 0 Å². The van der Waals surface area contributed by atoms with E-state index in [1.165, 1.54) is 0 Å². The van der Waals surface area contributed by atoms with Gasteiger partial charge >= 0.3 is 0 Å². The number of rotatable bonds is 4. The molecule has 0 saturated carbocycles. The molecule has 0 aliphatic carbocycles. The number of hydrogen-bond acceptors (Lipinski definition) is 1. The van der Waals surface area contributed by atoms with E-state index >= 15 is 0 Å². The number of nitrogens with zero attached hydrogens (tertiary/aromatic N) is 1. The maximum absolute atomic E-state index is 5.75. The van der Waals surface area contributed by atoms with Crippen LogP contribution in [0.15, 0.2) is 4.99 Å². The van der Waals surface area contributed by atoms with Crippen molar-refractivity contribution in [2.75, 3.05) is 13.1 Å². The van der Waals surface area contributed by atoms with Crippen LogP contribution in [0.1, 0.15) is 41.5 Å². The molecule has 0 fully saturated rings. The third kappa shape index (κ3) is 7.23. The van der Waals surface area contributed by atoms with Crippen molar-refractivity contribution in [2.24, 2.45) is 28.0 Å². The van der Waals surface area contributed by atoms with Crippen LogP contribution in [0, 0.1) is 17.3 Å². The summed E-state index contributed by atoms with van der Waals surface area (Å²) in [4.78, 5) is 4.26. The summed E-state index contributed by atoms with van der Waals surface area (Å²) in [6, 6.07) is 0. The lowest BCUT2D eigenvalue weighted by atomic mass is 9.82. The Bertz CT molecular complexity index is 201. The van der Waals surface area contributed by atoms with Gasteiger partial charge in [-0.25, -0.2) is 0 Å². The number of guanidine groups is 1. The second kappa shape index (κ2) is 5.99. The Kier molecular flexibility index (Phi) is 5.69. The lowest BCUT2D eigenvalue weighted by molar-refractivity contribution is 0.262. The molecule has 15 heavy (non-hydrogen) atoms. The van der Waals surface area contributed by atoms with Gasteiger partial charge in [-0.05, 0) is 17.3 Å². The Balaban J connectivity index is 3.90. The van der Waals surface area contributed by atoms with Gasteiger partial charge in [-0.2, -0.15) is 0 Å². The first kappa shape index (κ1) is 14.3. The largest absolute Gasteiger partial charge is 0.370 e. The molecule has 0 aromatic heterocycles. The topological polar surface area (TPSA) is 50.4 Å². The first-order valence-electron chi connectivity index (χ1n) is 5.77. The van der Waals surface area contributed by atoms with Crippen molar-refractivity contribution >= 4 is 5.96 Å². The van der Waals surface area contributed by atoms with Gasteiger partial charge in [-0.1, -0.05) is 41.5 Å². The second-order valence-electron chi connectivity index (χ2n) is 5.77. The molecule has 3 N–H and O–H groups in total. The van der Waals surface area contributed by atoms with Gasteiger partial charge < -0.3 is 11.1 Å². The minimum absolute atomic E-state index is 0.311. The minimum atomic E-state index is 0.311. The fourth-order valence-electron chi connectivity index (χ4n) is 0.901. The van der Waals surface area contributed by atoms with E-state index in [0.29, 0.717) is 23.2 Å². The Labute approximate surface area is 94.5 Å². The first-order chi connectivity index (χ1) is 6.73. The molecule has 3 nitrogen and oxygen atoms in total. The normalized spacial score (nSPS) is 15.5. The van der Waals surface area contributed by atoms with E-state index in [4.69, 9.17) is 5.73 Å². The molecule has 90 valence electrons. The van der Waals surface area contributed by atoms with Gasteiger partial charge in [0.15, 0.2) is 5.96 Å². The van der Waals surface area contributed by atoms with Crippen LogP contribution >= 0.6 is 0 Å². The monoisotopic (exact) mass is 213 g/mol. The molecule has 0 saturated heterocycles. The molecule has 0 heterocycles. The van der Waals surface area contributed by atoms with Crippen LogP contribution in [-0.2, 0) is 0 Å². The molecule has 1 atom stereocenters. The highest BCUT2D eigenvalue weighted by Crippen LogP contribution is 2.24. The summed E-state index contributed by atoms with van der Waals surface area (Å²) in [6.45, 7) is 14.9.